The molecular formula is C14H18N2O2. The number of para-hydroxylation sites is 1. The summed E-state index contributed by atoms with van der Waals surface area (Å²) in [5, 5.41) is 13.2. The van der Waals surface area contributed by atoms with Gasteiger partial charge in [-0.15, -0.1) is 0 Å². The third kappa shape index (κ3) is 2.71. The Balaban J connectivity index is 2.01. The minimum atomic E-state index is 0.0126. The van der Waals surface area contributed by atoms with Gasteiger partial charge in [0.05, 0.1) is 12.2 Å². The summed E-state index contributed by atoms with van der Waals surface area (Å²) in [4.78, 5) is 4.18. The molecule has 4 nitrogen and oxygen atoms in total. The third-order valence-electron chi connectivity index (χ3n) is 2.93. The summed E-state index contributed by atoms with van der Waals surface area (Å²) in [6.07, 6.45) is 1.71. The largest absolute Gasteiger partial charge is 0.507 e. The van der Waals surface area contributed by atoms with Gasteiger partial charge in [0, 0.05) is 12.1 Å². The second-order valence-corrected chi connectivity index (χ2v) is 4.49. The van der Waals surface area contributed by atoms with Crippen molar-refractivity contribution in [3.63, 3.8) is 0 Å². The van der Waals surface area contributed by atoms with Gasteiger partial charge < -0.3 is 14.8 Å². The molecule has 4 heteroatoms. The van der Waals surface area contributed by atoms with E-state index in [4.69, 9.17) is 4.42 Å². The summed E-state index contributed by atoms with van der Waals surface area (Å²) in [6, 6.07) is 5.74. The first-order chi connectivity index (χ1) is 8.58. The van der Waals surface area contributed by atoms with E-state index in [2.05, 4.69) is 10.3 Å². The lowest BCUT2D eigenvalue weighted by molar-refractivity contribution is 0.397. The molecule has 2 N–H and O–H groups in total. The average molecular weight is 246 g/mol. The molecule has 1 aromatic heterocycles. The Labute approximate surface area is 107 Å². The van der Waals surface area contributed by atoms with E-state index in [0.29, 0.717) is 18.2 Å². The number of aromatic nitrogens is 1. The van der Waals surface area contributed by atoms with Gasteiger partial charge in [0.15, 0.2) is 0 Å². The zero-order valence-corrected chi connectivity index (χ0v) is 10.9. The number of aromatic hydroxyl groups is 1. The number of aryl methyl sites for hydroxylation is 2. The number of rotatable bonds is 4. The molecule has 2 aromatic rings. The molecule has 1 unspecified atom stereocenters. The van der Waals surface area contributed by atoms with Crippen molar-refractivity contribution in [2.75, 3.05) is 0 Å². The van der Waals surface area contributed by atoms with Crippen LogP contribution in [0.3, 0.4) is 0 Å². The van der Waals surface area contributed by atoms with Crippen LogP contribution in [0, 0.1) is 13.8 Å². The van der Waals surface area contributed by atoms with E-state index in [-0.39, 0.29) is 6.04 Å². The van der Waals surface area contributed by atoms with Crippen molar-refractivity contribution in [2.45, 2.75) is 33.4 Å². The summed E-state index contributed by atoms with van der Waals surface area (Å²) >= 11 is 0. The Morgan fingerprint density at radius 3 is 2.83 bits per heavy atom. The van der Waals surface area contributed by atoms with Gasteiger partial charge in [-0.2, -0.15) is 0 Å². The summed E-state index contributed by atoms with van der Waals surface area (Å²) < 4.78 is 5.45. The molecule has 18 heavy (non-hydrogen) atoms. The maximum Gasteiger partial charge on any atom is 0.211 e. The van der Waals surface area contributed by atoms with Gasteiger partial charge >= 0.3 is 0 Å². The second kappa shape index (κ2) is 5.23. The Morgan fingerprint density at radius 1 is 1.39 bits per heavy atom. The first-order valence-electron chi connectivity index (χ1n) is 6.01. The molecule has 0 bridgehead atoms. The first kappa shape index (κ1) is 12.6. The number of oxazole rings is 1. The molecule has 0 aliphatic carbocycles. The number of phenolic OH excluding ortho intramolecular Hbond substituents is 1. The Morgan fingerprint density at radius 2 is 2.17 bits per heavy atom. The van der Waals surface area contributed by atoms with Gasteiger partial charge in [-0.25, -0.2) is 4.98 Å². The smallest absolute Gasteiger partial charge is 0.211 e. The van der Waals surface area contributed by atoms with Gasteiger partial charge in [-0.05, 0) is 26.3 Å². The van der Waals surface area contributed by atoms with E-state index in [1.165, 1.54) is 0 Å². The van der Waals surface area contributed by atoms with Gasteiger partial charge in [0.25, 0.3) is 0 Å². The van der Waals surface area contributed by atoms with Gasteiger partial charge in [-0.3, -0.25) is 0 Å². The highest BCUT2D eigenvalue weighted by Crippen LogP contribution is 2.22. The van der Waals surface area contributed by atoms with Gasteiger partial charge in [0.2, 0.25) is 5.89 Å². The number of phenols is 1. The lowest BCUT2D eigenvalue weighted by atomic mass is 10.1. The van der Waals surface area contributed by atoms with Crippen LogP contribution in [0.2, 0.25) is 0 Å². The molecule has 2 rings (SSSR count). The van der Waals surface area contributed by atoms with Crippen LogP contribution in [-0.4, -0.2) is 10.1 Å². The van der Waals surface area contributed by atoms with Crippen LogP contribution in [0.25, 0.3) is 0 Å². The van der Waals surface area contributed by atoms with Crippen LogP contribution in [0.5, 0.6) is 5.75 Å². The zero-order valence-electron chi connectivity index (χ0n) is 10.9. The molecule has 1 heterocycles. The molecule has 1 atom stereocenters. The van der Waals surface area contributed by atoms with Gasteiger partial charge in [-0.1, -0.05) is 18.2 Å². The van der Waals surface area contributed by atoms with E-state index in [1.54, 1.807) is 6.20 Å². The number of hydrogen-bond acceptors (Lipinski definition) is 4. The number of nitrogens with zero attached hydrogens (tertiary/aromatic N) is 1. The highest BCUT2D eigenvalue weighted by atomic mass is 16.4. The van der Waals surface area contributed by atoms with Crippen molar-refractivity contribution in [3.05, 3.63) is 47.2 Å². The van der Waals surface area contributed by atoms with Crippen LogP contribution in [0.4, 0.5) is 0 Å². The molecule has 0 aliphatic heterocycles. The molecule has 0 aliphatic rings. The first-order valence-corrected chi connectivity index (χ1v) is 6.01. The molecule has 0 saturated carbocycles. The molecule has 0 amide bonds. The fourth-order valence-corrected chi connectivity index (χ4v) is 1.79. The predicted octanol–water partition coefficient (Wildman–Crippen LogP) is 2.85. The van der Waals surface area contributed by atoms with Crippen LogP contribution >= 0.6 is 0 Å². The maximum atomic E-state index is 9.91. The predicted molar refractivity (Wildman–Crippen MR) is 69.3 cm³/mol. The van der Waals surface area contributed by atoms with E-state index in [1.807, 2.05) is 39.0 Å². The van der Waals surface area contributed by atoms with Crippen molar-refractivity contribution >= 4 is 0 Å². The molecule has 0 spiro atoms. The van der Waals surface area contributed by atoms with Crippen molar-refractivity contribution in [1.82, 2.24) is 10.3 Å². The SMILES string of the molecule is Cc1cnc(C(C)NCc2cccc(C)c2O)o1. The Bertz CT molecular complexity index is 534. The maximum absolute atomic E-state index is 9.91. The Kier molecular flexibility index (Phi) is 3.67. The quantitative estimate of drug-likeness (QED) is 0.871. The molecule has 0 fully saturated rings. The van der Waals surface area contributed by atoms with Gasteiger partial charge in [0.1, 0.15) is 11.5 Å². The number of nitrogens with one attached hydrogen (secondary N) is 1. The summed E-state index contributed by atoms with van der Waals surface area (Å²) in [5.41, 5.74) is 1.76. The van der Waals surface area contributed by atoms with E-state index >= 15 is 0 Å². The minimum absolute atomic E-state index is 0.0126. The van der Waals surface area contributed by atoms with Crippen molar-refractivity contribution < 1.29 is 9.52 Å². The zero-order chi connectivity index (χ0) is 13.1. The summed E-state index contributed by atoms with van der Waals surface area (Å²) in [7, 11) is 0. The minimum Gasteiger partial charge on any atom is -0.507 e. The Hall–Kier alpha value is -1.81. The van der Waals surface area contributed by atoms with Crippen LogP contribution in [-0.2, 0) is 6.54 Å². The van der Waals surface area contributed by atoms with Crippen LogP contribution in [0.1, 0.15) is 35.7 Å². The topological polar surface area (TPSA) is 58.3 Å². The highest BCUT2D eigenvalue weighted by Gasteiger charge is 2.11. The third-order valence-corrected chi connectivity index (χ3v) is 2.93. The molecule has 0 radical (unpaired) electrons. The van der Waals surface area contributed by atoms with Crippen molar-refractivity contribution in [3.8, 4) is 5.75 Å². The van der Waals surface area contributed by atoms with E-state index in [9.17, 15) is 5.11 Å². The molecule has 96 valence electrons. The molecular weight excluding hydrogens is 228 g/mol. The van der Waals surface area contributed by atoms with Crippen LogP contribution < -0.4 is 5.32 Å². The van der Waals surface area contributed by atoms with Crippen molar-refractivity contribution in [1.29, 1.82) is 0 Å². The van der Waals surface area contributed by atoms with Crippen LogP contribution in [0.15, 0.2) is 28.8 Å². The van der Waals surface area contributed by atoms with E-state index in [0.717, 1.165) is 16.9 Å². The normalized spacial score (nSPS) is 12.6. The lowest BCUT2D eigenvalue weighted by Gasteiger charge is -2.12. The lowest BCUT2D eigenvalue weighted by Crippen LogP contribution is -2.18. The molecule has 0 saturated heterocycles. The van der Waals surface area contributed by atoms with E-state index < -0.39 is 0 Å². The second-order valence-electron chi connectivity index (χ2n) is 4.49. The number of hydrogen-bond donors (Lipinski definition) is 2. The highest BCUT2D eigenvalue weighted by molar-refractivity contribution is 5.39. The standard InChI is InChI=1S/C14H18N2O2/c1-9-5-4-6-12(13(9)17)8-15-11(3)14-16-7-10(2)18-14/h4-7,11,15,17H,8H2,1-3H3. The molecule has 1 aromatic carbocycles. The summed E-state index contributed by atoms with van der Waals surface area (Å²) in [5.74, 6) is 1.82. The fraction of sp³-hybridized carbons (Fsp3) is 0.357. The summed E-state index contributed by atoms with van der Waals surface area (Å²) in [6.45, 7) is 6.32. The number of benzene rings is 1. The average Bonchev–Trinajstić information content (AvgIpc) is 2.77. The monoisotopic (exact) mass is 246 g/mol. The van der Waals surface area contributed by atoms with Crippen molar-refractivity contribution in [2.24, 2.45) is 0 Å². The fourth-order valence-electron chi connectivity index (χ4n) is 1.79.